The maximum Gasteiger partial charge on any atom is 0.153 e. The second-order valence-corrected chi connectivity index (χ2v) is 5.02. The maximum atomic E-state index is 4.48. The van der Waals surface area contributed by atoms with Crippen LogP contribution in [0.1, 0.15) is 29.8 Å². The summed E-state index contributed by atoms with van der Waals surface area (Å²) >= 11 is 0. The zero-order valence-electron chi connectivity index (χ0n) is 10.8. The minimum atomic E-state index is 0.737. The SMILES string of the molecule is Cc1cc(C)n(-c2ccc(CNC3CC3)cn2)n1. The summed E-state index contributed by atoms with van der Waals surface area (Å²) in [6.07, 6.45) is 4.57. The van der Waals surface area contributed by atoms with Crippen molar-refractivity contribution in [2.75, 3.05) is 0 Å². The molecule has 4 heteroatoms. The fraction of sp³-hybridized carbons (Fsp3) is 0.429. The van der Waals surface area contributed by atoms with Crippen molar-refractivity contribution in [3.63, 3.8) is 0 Å². The van der Waals surface area contributed by atoms with Crippen molar-refractivity contribution in [2.45, 2.75) is 39.3 Å². The molecule has 1 aliphatic rings. The molecule has 1 aliphatic carbocycles. The third-order valence-corrected chi connectivity index (χ3v) is 3.21. The lowest BCUT2D eigenvalue weighted by molar-refractivity contribution is 0.684. The first-order chi connectivity index (χ1) is 8.72. The Balaban J connectivity index is 1.75. The van der Waals surface area contributed by atoms with Crippen LogP contribution in [0.15, 0.2) is 24.4 Å². The molecular formula is C14H18N4. The summed E-state index contributed by atoms with van der Waals surface area (Å²) in [4.78, 5) is 4.48. The van der Waals surface area contributed by atoms with Crippen LogP contribution in [0.25, 0.3) is 5.82 Å². The van der Waals surface area contributed by atoms with Crippen molar-refractivity contribution < 1.29 is 0 Å². The van der Waals surface area contributed by atoms with E-state index in [0.29, 0.717) is 0 Å². The molecule has 0 saturated heterocycles. The van der Waals surface area contributed by atoms with Crippen LogP contribution in [0.3, 0.4) is 0 Å². The molecule has 4 nitrogen and oxygen atoms in total. The zero-order valence-corrected chi connectivity index (χ0v) is 10.8. The van der Waals surface area contributed by atoms with Crippen molar-refractivity contribution in [1.29, 1.82) is 0 Å². The van der Waals surface area contributed by atoms with Crippen LogP contribution >= 0.6 is 0 Å². The molecule has 0 unspecified atom stereocenters. The van der Waals surface area contributed by atoms with Crippen molar-refractivity contribution >= 4 is 0 Å². The quantitative estimate of drug-likeness (QED) is 0.893. The molecule has 0 aromatic carbocycles. The second-order valence-electron chi connectivity index (χ2n) is 5.02. The number of nitrogens with one attached hydrogen (secondary N) is 1. The van der Waals surface area contributed by atoms with Gasteiger partial charge in [-0.3, -0.25) is 0 Å². The number of hydrogen-bond acceptors (Lipinski definition) is 3. The minimum Gasteiger partial charge on any atom is -0.310 e. The lowest BCUT2D eigenvalue weighted by Crippen LogP contribution is -2.15. The van der Waals surface area contributed by atoms with E-state index < -0.39 is 0 Å². The number of hydrogen-bond donors (Lipinski definition) is 1. The van der Waals surface area contributed by atoms with Gasteiger partial charge in [0.25, 0.3) is 0 Å². The number of aromatic nitrogens is 3. The van der Waals surface area contributed by atoms with Crippen molar-refractivity contribution in [3.8, 4) is 5.82 Å². The molecule has 18 heavy (non-hydrogen) atoms. The molecule has 1 fully saturated rings. The molecule has 1 N–H and O–H groups in total. The standard InChI is InChI=1S/C14H18N4/c1-10-7-11(2)18(17-10)14-6-3-12(9-16-14)8-15-13-4-5-13/h3,6-7,9,13,15H,4-5,8H2,1-2H3. The number of aryl methyl sites for hydroxylation is 2. The third-order valence-electron chi connectivity index (χ3n) is 3.21. The van der Waals surface area contributed by atoms with Crippen LogP contribution in [-0.4, -0.2) is 20.8 Å². The highest BCUT2D eigenvalue weighted by Crippen LogP contribution is 2.19. The average Bonchev–Trinajstić information content (AvgIpc) is 3.13. The Hall–Kier alpha value is -1.68. The lowest BCUT2D eigenvalue weighted by atomic mass is 10.3. The Morgan fingerprint density at radius 1 is 1.33 bits per heavy atom. The molecule has 0 aliphatic heterocycles. The van der Waals surface area contributed by atoms with E-state index in [1.165, 1.54) is 18.4 Å². The predicted octanol–water partition coefficient (Wildman–Crippen LogP) is 2.14. The van der Waals surface area contributed by atoms with Crippen LogP contribution in [0.2, 0.25) is 0 Å². The zero-order chi connectivity index (χ0) is 12.5. The van der Waals surface area contributed by atoms with Gasteiger partial charge in [0.15, 0.2) is 5.82 Å². The highest BCUT2D eigenvalue weighted by molar-refractivity contribution is 5.27. The van der Waals surface area contributed by atoms with Crippen LogP contribution in [-0.2, 0) is 6.54 Å². The predicted molar refractivity (Wildman–Crippen MR) is 70.7 cm³/mol. The van der Waals surface area contributed by atoms with E-state index in [4.69, 9.17) is 0 Å². The van der Waals surface area contributed by atoms with E-state index in [1.54, 1.807) is 0 Å². The van der Waals surface area contributed by atoms with Gasteiger partial charge in [0.05, 0.1) is 5.69 Å². The monoisotopic (exact) mass is 242 g/mol. The summed E-state index contributed by atoms with van der Waals surface area (Å²) in [5.41, 5.74) is 3.37. The van der Waals surface area contributed by atoms with E-state index in [0.717, 1.165) is 29.8 Å². The van der Waals surface area contributed by atoms with Gasteiger partial charge in [0.1, 0.15) is 0 Å². The van der Waals surface area contributed by atoms with Gasteiger partial charge in [-0.2, -0.15) is 5.10 Å². The van der Waals surface area contributed by atoms with Gasteiger partial charge in [0.2, 0.25) is 0 Å². The van der Waals surface area contributed by atoms with E-state index in [2.05, 4.69) is 27.5 Å². The molecule has 3 rings (SSSR count). The summed E-state index contributed by atoms with van der Waals surface area (Å²) in [6, 6.07) is 6.95. The molecule has 94 valence electrons. The first-order valence-corrected chi connectivity index (χ1v) is 6.44. The number of nitrogens with zero attached hydrogens (tertiary/aromatic N) is 3. The molecule has 2 heterocycles. The Morgan fingerprint density at radius 2 is 2.17 bits per heavy atom. The average molecular weight is 242 g/mol. The third kappa shape index (κ3) is 2.43. The summed E-state index contributed by atoms with van der Waals surface area (Å²) in [6.45, 7) is 4.96. The normalized spacial score (nSPS) is 15.0. The molecule has 2 aromatic rings. The van der Waals surface area contributed by atoms with Gasteiger partial charge in [0, 0.05) is 24.5 Å². The maximum absolute atomic E-state index is 4.48. The first-order valence-electron chi connectivity index (χ1n) is 6.44. The van der Waals surface area contributed by atoms with Gasteiger partial charge >= 0.3 is 0 Å². The van der Waals surface area contributed by atoms with Crippen LogP contribution in [0, 0.1) is 13.8 Å². The van der Waals surface area contributed by atoms with Gasteiger partial charge < -0.3 is 5.32 Å². The van der Waals surface area contributed by atoms with Crippen molar-refractivity contribution in [3.05, 3.63) is 41.3 Å². The Bertz CT molecular complexity index is 537. The fourth-order valence-electron chi connectivity index (χ4n) is 2.06. The number of rotatable bonds is 4. The van der Waals surface area contributed by atoms with E-state index in [-0.39, 0.29) is 0 Å². The van der Waals surface area contributed by atoms with E-state index >= 15 is 0 Å². The van der Waals surface area contributed by atoms with Gasteiger partial charge in [-0.25, -0.2) is 9.67 Å². The molecule has 0 atom stereocenters. The van der Waals surface area contributed by atoms with E-state index in [9.17, 15) is 0 Å². The van der Waals surface area contributed by atoms with Crippen LogP contribution in [0.5, 0.6) is 0 Å². The highest BCUT2D eigenvalue weighted by atomic mass is 15.3. The summed E-state index contributed by atoms with van der Waals surface area (Å²) in [5, 5.41) is 7.92. The molecule has 0 spiro atoms. The van der Waals surface area contributed by atoms with Crippen molar-refractivity contribution in [1.82, 2.24) is 20.1 Å². The molecular weight excluding hydrogens is 224 g/mol. The Morgan fingerprint density at radius 3 is 2.72 bits per heavy atom. The summed E-state index contributed by atoms with van der Waals surface area (Å²) in [5.74, 6) is 0.885. The van der Waals surface area contributed by atoms with Crippen LogP contribution < -0.4 is 5.32 Å². The number of pyridine rings is 1. The largest absolute Gasteiger partial charge is 0.310 e. The first kappa shape index (κ1) is 11.4. The minimum absolute atomic E-state index is 0.737. The van der Waals surface area contributed by atoms with Gasteiger partial charge in [-0.15, -0.1) is 0 Å². The van der Waals surface area contributed by atoms with Gasteiger partial charge in [-0.1, -0.05) is 6.07 Å². The molecule has 0 radical (unpaired) electrons. The Labute approximate surface area is 107 Å². The van der Waals surface area contributed by atoms with Gasteiger partial charge in [-0.05, 0) is 44.4 Å². The topological polar surface area (TPSA) is 42.7 Å². The fourth-order valence-corrected chi connectivity index (χ4v) is 2.06. The second kappa shape index (κ2) is 4.53. The van der Waals surface area contributed by atoms with Crippen molar-refractivity contribution in [2.24, 2.45) is 0 Å². The Kier molecular flexibility index (Phi) is 2.88. The lowest BCUT2D eigenvalue weighted by Gasteiger charge is -2.06. The summed E-state index contributed by atoms with van der Waals surface area (Å²) < 4.78 is 1.88. The molecule has 2 aromatic heterocycles. The van der Waals surface area contributed by atoms with Crippen LogP contribution in [0.4, 0.5) is 0 Å². The van der Waals surface area contributed by atoms with E-state index in [1.807, 2.05) is 30.8 Å². The molecule has 1 saturated carbocycles. The molecule has 0 bridgehead atoms. The smallest absolute Gasteiger partial charge is 0.153 e. The molecule has 0 amide bonds. The summed E-state index contributed by atoms with van der Waals surface area (Å²) in [7, 11) is 0. The highest BCUT2D eigenvalue weighted by Gasteiger charge is 2.19.